The summed E-state index contributed by atoms with van der Waals surface area (Å²) < 4.78 is 28.0. The van der Waals surface area contributed by atoms with Crippen LogP contribution < -0.4 is 9.03 Å². The van der Waals surface area contributed by atoms with Gasteiger partial charge in [0, 0.05) is 13.2 Å². The summed E-state index contributed by atoms with van der Waals surface area (Å²) in [5, 5.41) is 14.2. The normalized spacial score (nSPS) is 16.6. The van der Waals surface area contributed by atoms with Gasteiger partial charge in [-0.2, -0.15) is 13.5 Å². The van der Waals surface area contributed by atoms with E-state index in [0.717, 1.165) is 21.9 Å². The molecule has 122 valence electrons. The molecule has 23 heavy (non-hydrogen) atoms. The molecule has 1 aliphatic rings. The van der Waals surface area contributed by atoms with Gasteiger partial charge in [-0.1, -0.05) is 6.07 Å². The van der Waals surface area contributed by atoms with Gasteiger partial charge in [0.25, 0.3) is 5.91 Å². The first-order valence-corrected chi connectivity index (χ1v) is 8.42. The molecule has 0 aliphatic carbocycles. The Hall–Kier alpha value is -2.55. The molecule has 0 spiro atoms. The Morgan fingerprint density at radius 3 is 2.61 bits per heavy atom. The highest BCUT2D eigenvalue weighted by Gasteiger charge is 2.35. The summed E-state index contributed by atoms with van der Waals surface area (Å²) in [4.78, 5) is 11.3. The summed E-state index contributed by atoms with van der Waals surface area (Å²) in [6, 6.07) is 4.76. The fourth-order valence-corrected chi connectivity index (χ4v) is 3.65. The molecule has 0 atom stereocenters. The number of hydrogen-bond donors (Lipinski definition) is 2. The van der Waals surface area contributed by atoms with Gasteiger partial charge < -0.3 is 5.11 Å². The van der Waals surface area contributed by atoms with Crippen LogP contribution in [0.25, 0.3) is 0 Å². The first-order chi connectivity index (χ1) is 10.8. The summed E-state index contributed by atoms with van der Waals surface area (Å²) in [5.41, 5.74) is 2.03. The van der Waals surface area contributed by atoms with Crippen molar-refractivity contribution < 1.29 is 18.3 Å². The number of amides is 1. The van der Waals surface area contributed by atoms with Crippen molar-refractivity contribution in [2.24, 2.45) is 7.05 Å². The van der Waals surface area contributed by atoms with Gasteiger partial charge in [-0.3, -0.25) is 9.48 Å². The number of anilines is 1. The Kier molecular flexibility index (Phi) is 3.72. The highest BCUT2D eigenvalue weighted by Crippen LogP contribution is 2.31. The average molecular weight is 336 g/mol. The molecule has 1 amide bonds. The monoisotopic (exact) mass is 336 g/mol. The first-order valence-electron chi connectivity index (χ1n) is 6.98. The topological polar surface area (TPSA) is 105 Å². The van der Waals surface area contributed by atoms with Crippen LogP contribution in [0.5, 0.6) is 5.75 Å². The predicted molar refractivity (Wildman–Crippen MR) is 83.1 cm³/mol. The second-order valence-electron chi connectivity index (χ2n) is 5.38. The van der Waals surface area contributed by atoms with Gasteiger partial charge in [0.15, 0.2) is 0 Å². The lowest BCUT2D eigenvalue weighted by atomic mass is 10.1. The summed E-state index contributed by atoms with van der Waals surface area (Å²) in [6.45, 7) is -0.328. The van der Waals surface area contributed by atoms with E-state index in [1.54, 1.807) is 16.9 Å². The van der Waals surface area contributed by atoms with Gasteiger partial charge in [-0.25, -0.2) is 9.03 Å². The number of aromatic nitrogens is 2. The van der Waals surface area contributed by atoms with Crippen molar-refractivity contribution >= 4 is 21.8 Å². The van der Waals surface area contributed by atoms with Crippen molar-refractivity contribution in [3.05, 3.63) is 41.7 Å². The second-order valence-corrected chi connectivity index (χ2v) is 6.98. The van der Waals surface area contributed by atoms with E-state index in [-0.39, 0.29) is 18.0 Å². The molecule has 2 aromatic rings. The molecule has 9 heteroatoms. The van der Waals surface area contributed by atoms with Crippen molar-refractivity contribution in [3.63, 3.8) is 0 Å². The average Bonchev–Trinajstić information content (AvgIpc) is 2.99. The molecule has 2 N–H and O–H groups in total. The lowest BCUT2D eigenvalue weighted by Crippen LogP contribution is -2.29. The van der Waals surface area contributed by atoms with Gasteiger partial charge in [0.1, 0.15) is 12.3 Å². The standard InChI is InChI=1S/C14H16N4O4S/c1-17-8-11(7-15-17)3-2-10-4-5-12(13(19)6-10)18-9-14(20)16-23(18,21)22/h4-8,19H,2-3,9H2,1H3,(H,16,20). The number of benzene rings is 1. The molecule has 8 nitrogen and oxygen atoms in total. The molecule has 0 saturated carbocycles. The number of phenols is 1. The third-order valence-electron chi connectivity index (χ3n) is 3.59. The third kappa shape index (κ3) is 3.14. The van der Waals surface area contributed by atoms with Crippen molar-refractivity contribution in [2.75, 3.05) is 10.8 Å². The van der Waals surface area contributed by atoms with Crippen LogP contribution in [-0.2, 0) is 34.9 Å². The lowest BCUT2D eigenvalue weighted by Gasteiger charge is -2.16. The van der Waals surface area contributed by atoms with Crippen molar-refractivity contribution in [3.8, 4) is 5.75 Å². The second kappa shape index (κ2) is 5.58. The van der Waals surface area contributed by atoms with E-state index in [9.17, 15) is 18.3 Å². The van der Waals surface area contributed by atoms with Gasteiger partial charge in [0.05, 0.1) is 11.9 Å². The van der Waals surface area contributed by atoms with Crippen LogP contribution in [0.1, 0.15) is 11.1 Å². The Labute approximate surface area is 133 Å². The number of phenolic OH excluding ortho intramolecular Hbond substituents is 1. The highest BCUT2D eigenvalue weighted by atomic mass is 32.2. The molecular formula is C14H16N4O4S. The van der Waals surface area contributed by atoms with Gasteiger partial charge in [-0.05, 0) is 36.1 Å². The zero-order valence-electron chi connectivity index (χ0n) is 12.4. The molecule has 0 unspecified atom stereocenters. The van der Waals surface area contributed by atoms with Crippen LogP contribution >= 0.6 is 0 Å². The molecule has 2 heterocycles. The summed E-state index contributed by atoms with van der Waals surface area (Å²) >= 11 is 0. The minimum atomic E-state index is -3.91. The number of aromatic hydroxyl groups is 1. The Morgan fingerprint density at radius 1 is 1.30 bits per heavy atom. The van der Waals surface area contributed by atoms with E-state index < -0.39 is 16.1 Å². The molecule has 1 aliphatic heterocycles. The van der Waals surface area contributed by atoms with Gasteiger partial charge in [0.2, 0.25) is 0 Å². The fraction of sp³-hybridized carbons (Fsp3) is 0.286. The number of hydrogen-bond acceptors (Lipinski definition) is 5. The van der Waals surface area contributed by atoms with E-state index in [1.165, 1.54) is 12.1 Å². The molecule has 0 bridgehead atoms. The van der Waals surface area contributed by atoms with Crippen LogP contribution in [0.2, 0.25) is 0 Å². The van der Waals surface area contributed by atoms with E-state index in [1.807, 2.05) is 18.0 Å². The summed E-state index contributed by atoms with van der Waals surface area (Å²) in [7, 11) is -2.07. The van der Waals surface area contributed by atoms with Gasteiger partial charge in [-0.15, -0.1) is 0 Å². The molecule has 1 saturated heterocycles. The zero-order valence-corrected chi connectivity index (χ0v) is 13.2. The summed E-state index contributed by atoms with van der Waals surface area (Å²) in [6.07, 6.45) is 5.14. The smallest absolute Gasteiger partial charge is 0.326 e. The largest absolute Gasteiger partial charge is 0.506 e. The molecular weight excluding hydrogens is 320 g/mol. The van der Waals surface area contributed by atoms with Crippen LogP contribution in [0.4, 0.5) is 5.69 Å². The molecule has 1 aromatic carbocycles. The SMILES string of the molecule is Cn1cc(CCc2ccc(N3CC(=O)NS3(=O)=O)c(O)c2)cn1. The van der Waals surface area contributed by atoms with Crippen molar-refractivity contribution in [1.82, 2.24) is 14.5 Å². The lowest BCUT2D eigenvalue weighted by molar-refractivity contribution is -0.117. The number of aryl methyl sites for hydroxylation is 3. The maximum atomic E-state index is 11.8. The Balaban J connectivity index is 1.77. The van der Waals surface area contributed by atoms with E-state index in [0.29, 0.717) is 6.42 Å². The zero-order chi connectivity index (χ0) is 16.6. The van der Waals surface area contributed by atoms with Crippen molar-refractivity contribution in [1.29, 1.82) is 0 Å². The van der Waals surface area contributed by atoms with E-state index in [4.69, 9.17) is 0 Å². The number of rotatable bonds is 4. The third-order valence-corrected chi connectivity index (χ3v) is 4.98. The number of nitrogens with one attached hydrogen (secondary N) is 1. The number of carbonyl (C=O) groups excluding carboxylic acids is 1. The number of carbonyl (C=O) groups is 1. The molecule has 0 radical (unpaired) electrons. The highest BCUT2D eigenvalue weighted by molar-refractivity contribution is 7.92. The maximum Gasteiger partial charge on any atom is 0.326 e. The van der Waals surface area contributed by atoms with Crippen LogP contribution in [-0.4, -0.2) is 35.8 Å². The minimum absolute atomic E-state index is 0.0912. The van der Waals surface area contributed by atoms with Crippen LogP contribution in [0.15, 0.2) is 30.6 Å². The number of nitrogens with zero attached hydrogens (tertiary/aromatic N) is 3. The quantitative estimate of drug-likeness (QED) is 0.823. The minimum Gasteiger partial charge on any atom is -0.506 e. The van der Waals surface area contributed by atoms with E-state index in [2.05, 4.69) is 5.10 Å². The Morgan fingerprint density at radius 2 is 2.04 bits per heavy atom. The Bertz CT molecular complexity index is 859. The van der Waals surface area contributed by atoms with Gasteiger partial charge >= 0.3 is 10.2 Å². The molecule has 1 aromatic heterocycles. The summed E-state index contributed by atoms with van der Waals surface area (Å²) in [5.74, 6) is -0.793. The van der Waals surface area contributed by atoms with Crippen LogP contribution in [0.3, 0.4) is 0 Å². The van der Waals surface area contributed by atoms with Crippen LogP contribution in [0, 0.1) is 0 Å². The predicted octanol–water partition coefficient (Wildman–Crippen LogP) is 0.0919. The van der Waals surface area contributed by atoms with Crippen molar-refractivity contribution in [2.45, 2.75) is 12.8 Å². The first kappa shape index (κ1) is 15.3. The van der Waals surface area contributed by atoms with E-state index >= 15 is 0 Å². The maximum absolute atomic E-state index is 11.8. The molecule has 3 rings (SSSR count). The fourth-order valence-electron chi connectivity index (χ4n) is 2.49. The molecule has 1 fully saturated rings.